The van der Waals surface area contributed by atoms with Crippen LogP contribution in [0.1, 0.15) is 28.4 Å². The Morgan fingerprint density at radius 2 is 1.85 bits per heavy atom. The highest BCUT2D eigenvalue weighted by atomic mass is 35.5. The van der Waals surface area contributed by atoms with Gasteiger partial charge in [0, 0.05) is 36.2 Å². The Kier molecular flexibility index (Phi) is 6.04. The summed E-state index contributed by atoms with van der Waals surface area (Å²) in [5.41, 5.74) is 3.37. The fraction of sp³-hybridized carbons (Fsp3) is 0.190. The number of carbonyl (C=O) groups is 1. The van der Waals surface area contributed by atoms with Crippen molar-refractivity contribution in [3.8, 4) is 0 Å². The van der Waals surface area contributed by atoms with Crippen LogP contribution in [0.2, 0.25) is 5.02 Å². The number of carbonyl (C=O) groups excluding carboxylic acids is 1. The van der Waals surface area contributed by atoms with Crippen LogP contribution in [0.5, 0.6) is 0 Å². The molecule has 0 spiro atoms. The molecule has 1 amide bonds. The first-order valence-electron chi connectivity index (χ1n) is 8.76. The Morgan fingerprint density at radius 3 is 2.52 bits per heavy atom. The largest absolute Gasteiger partial charge is 0.350 e. The van der Waals surface area contributed by atoms with Crippen molar-refractivity contribution in [1.82, 2.24) is 9.97 Å². The van der Waals surface area contributed by atoms with E-state index in [1.165, 1.54) is 0 Å². The molecule has 3 rings (SSSR count). The van der Waals surface area contributed by atoms with E-state index in [0.717, 1.165) is 16.8 Å². The van der Waals surface area contributed by atoms with Gasteiger partial charge in [-0.1, -0.05) is 41.9 Å². The van der Waals surface area contributed by atoms with Crippen LogP contribution in [0.25, 0.3) is 0 Å². The van der Waals surface area contributed by atoms with E-state index in [2.05, 4.69) is 15.3 Å². The van der Waals surface area contributed by atoms with Gasteiger partial charge in [0.25, 0.3) is 5.91 Å². The quantitative estimate of drug-likeness (QED) is 0.672. The van der Waals surface area contributed by atoms with Crippen LogP contribution in [-0.2, 0) is 6.54 Å². The van der Waals surface area contributed by atoms with Crippen LogP contribution >= 0.6 is 11.6 Å². The van der Waals surface area contributed by atoms with Crippen molar-refractivity contribution in [2.75, 3.05) is 16.8 Å². The molecule has 0 radical (unpaired) electrons. The van der Waals surface area contributed by atoms with E-state index in [1.54, 1.807) is 17.3 Å². The van der Waals surface area contributed by atoms with Crippen LogP contribution in [0, 0.1) is 6.92 Å². The summed E-state index contributed by atoms with van der Waals surface area (Å²) in [6.45, 7) is 5.02. The molecule has 0 aliphatic carbocycles. The van der Waals surface area contributed by atoms with Gasteiger partial charge in [-0.05, 0) is 43.2 Å². The lowest BCUT2D eigenvalue weighted by molar-refractivity contribution is 0.0987. The minimum absolute atomic E-state index is 0.124. The van der Waals surface area contributed by atoms with Crippen molar-refractivity contribution in [3.05, 3.63) is 82.6 Å². The first kappa shape index (κ1) is 18.9. The Bertz CT molecular complexity index is 927. The van der Waals surface area contributed by atoms with Crippen molar-refractivity contribution >= 4 is 29.1 Å². The smallest absolute Gasteiger partial charge is 0.261 e. The predicted molar refractivity (Wildman–Crippen MR) is 109 cm³/mol. The molecule has 0 fully saturated rings. The van der Waals surface area contributed by atoms with E-state index >= 15 is 0 Å². The molecule has 138 valence electrons. The summed E-state index contributed by atoms with van der Waals surface area (Å²) < 4.78 is 0. The number of aromatic nitrogens is 2. The van der Waals surface area contributed by atoms with Crippen molar-refractivity contribution in [3.63, 3.8) is 0 Å². The monoisotopic (exact) mass is 380 g/mol. The van der Waals surface area contributed by atoms with E-state index in [0.29, 0.717) is 29.6 Å². The van der Waals surface area contributed by atoms with Gasteiger partial charge in [-0.15, -0.1) is 0 Å². The molecule has 0 aliphatic rings. The molecular weight excluding hydrogens is 360 g/mol. The third kappa shape index (κ3) is 4.63. The number of anilines is 2. The molecule has 5 nitrogen and oxygen atoms in total. The Morgan fingerprint density at radius 1 is 1.11 bits per heavy atom. The molecule has 27 heavy (non-hydrogen) atoms. The third-order valence-electron chi connectivity index (χ3n) is 4.17. The molecule has 0 saturated heterocycles. The summed E-state index contributed by atoms with van der Waals surface area (Å²) in [6.07, 6.45) is 3.09. The maximum atomic E-state index is 12.8. The van der Waals surface area contributed by atoms with Gasteiger partial charge in [0.1, 0.15) is 0 Å². The summed E-state index contributed by atoms with van der Waals surface area (Å²) in [5, 5.41) is 3.81. The van der Waals surface area contributed by atoms with Crippen LogP contribution in [0.4, 0.5) is 11.6 Å². The van der Waals surface area contributed by atoms with Crippen LogP contribution < -0.4 is 10.2 Å². The first-order chi connectivity index (χ1) is 13.1. The average Bonchev–Trinajstić information content (AvgIpc) is 2.68. The van der Waals surface area contributed by atoms with Crippen LogP contribution in [0.3, 0.4) is 0 Å². The Hall–Kier alpha value is -2.92. The summed E-state index contributed by atoms with van der Waals surface area (Å²) >= 11 is 6.15. The number of rotatable bonds is 6. The number of amides is 1. The lowest BCUT2D eigenvalue weighted by Crippen LogP contribution is -2.30. The number of nitrogens with zero attached hydrogens (tertiary/aromatic N) is 3. The van der Waals surface area contributed by atoms with E-state index in [-0.39, 0.29) is 5.91 Å². The van der Waals surface area contributed by atoms with Gasteiger partial charge in [0.15, 0.2) is 0 Å². The molecule has 0 saturated carbocycles. The van der Waals surface area contributed by atoms with Gasteiger partial charge in [-0.2, -0.15) is 0 Å². The van der Waals surface area contributed by atoms with Gasteiger partial charge in [0.2, 0.25) is 5.95 Å². The van der Waals surface area contributed by atoms with E-state index < -0.39 is 0 Å². The van der Waals surface area contributed by atoms with Crippen molar-refractivity contribution in [1.29, 1.82) is 0 Å². The minimum atomic E-state index is -0.124. The van der Waals surface area contributed by atoms with Crippen molar-refractivity contribution in [2.24, 2.45) is 0 Å². The average molecular weight is 381 g/mol. The predicted octanol–water partition coefficient (Wildman–Crippen LogP) is 4.72. The molecular formula is C21H21ClN4O. The molecule has 1 N–H and O–H groups in total. The van der Waals surface area contributed by atoms with Gasteiger partial charge in [-0.25, -0.2) is 9.97 Å². The molecule has 3 aromatic rings. The zero-order valence-corrected chi connectivity index (χ0v) is 16.1. The fourth-order valence-corrected chi connectivity index (χ4v) is 2.94. The summed E-state index contributed by atoms with van der Waals surface area (Å²) in [4.78, 5) is 23.1. The Labute approximate surface area is 164 Å². The van der Waals surface area contributed by atoms with Crippen LogP contribution in [0.15, 0.2) is 60.9 Å². The topological polar surface area (TPSA) is 58.1 Å². The number of nitrogens with one attached hydrogen (secondary N) is 1. The zero-order chi connectivity index (χ0) is 19.2. The number of halogens is 1. The van der Waals surface area contributed by atoms with Gasteiger partial charge < -0.3 is 10.2 Å². The molecule has 1 aromatic heterocycles. The van der Waals surface area contributed by atoms with Gasteiger partial charge in [-0.3, -0.25) is 4.79 Å². The highest BCUT2D eigenvalue weighted by Crippen LogP contribution is 2.19. The molecule has 6 heteroatoms. The van der Waals surface area contributed by atoms with Crippen LogP contribution in [-0.4, -0.2) is 22.4 Å². The second kappa shape index (κ2) is 8.64. The number of hydrogen-bond donors (Lipinski definition) is 1. The van der Waals surface area contributed by atoms with Gasteiger partial charge in [0.05, 0.1) is 5.56 Å². The van der Waals surface area contributed by atoms with Crippen molar-refractivity contribution < 1.29 is 4.79 Å². The SMILES string of the molecule is CCN(C(=O)c1cnc(NCc2ccccc2Cl)nc1)c1cccc(C)c1. The molecule has 0 unspecified atom stereocenters. The van der Waals surface area contributed by atoms with E-state index in [4.69, 9.17) is 11.6 Å². The first-order valence-corrected chi connectivity index (χ1v) is 9.14. The van der Waals surface area contributed by atoms with E-state index in [9.17, 15) is 4.79 Å². The standard InChI is InChI=1S/C21H21ClN4O/c1-3-26(18-9-6-7-15(2)11-18)20(27)17-13-24-21(25-14-17)23-12-16-8-4-5-10-19(16)22/h4-11,13-14H,3,12H2,1-2H3,(H,23,24,25). The minimum Gasteiger partial charge on any atom is -0.350 e. The molecule has 1 heterocycles. The highest BCUT2D eigenvalue weighted by Gasteiger charge is 2.17. The second-order valence-electron chi connectivity index (χ2n) is 6.13. The maximum Gasteiger partial charge on any atom is 0.261 e. The number of aryl methyl sites for hydroxylation is 1. The molecule has 2 aromatic carbocycles. The third-order valence-corrected chi connectivity index (χ3v) is 4.54. The normalized spacial score (nSPS) is 10.5. The number of benzene rings is 2. The number of hydrogen-bond acceptors (Lipinski definition) is 4. The fourth-order valence-electron chi connectivity index (χ4n) is 2.74. The lowest BCUT2D eigenvalue weighted by Gasteiger charge is -2.21. The zero-order valence-electron chi connectivity index (χ0n) is 15.3. The maximum absolute atomic E-state index is 12.8. The lowest BCUT2D eigenvalue weighted by atomic mass is 10.2. The second-order valence-corrected chi connectivity index (χ2v) is 6.54. The molecule has 0 bridgehead atoms. The van der Waals surface area contributed by atoms with Gasteiger partial charge >= 0.3 is 0 Å². The highest BCUT2D eigenvalue weighted by molar-refractivity contribution is 6.31. The molecule has 0 atom stereocenters. The summed E-state index contributed by atoms with van der Waals surface area (Å²) in [6, 6.07) is 15.5. The van der Waals surface area contributed by atoms with E-state index in [1.807, 2.05) is 62.4 Å². The van der Waals surface area contributed by atoms with Crippen molar-refractivity contribution in [2.45, 2.75) is 20.4 Å². The summed E-state index contributed by atoms with van der Waals surface area (Å²) in [5.74, 6) is 0.325. The summed E-state index contributed by atoms with van der Waals surface area (Å²) in [7, 11) is 0. The Balaban J connectivity index is 1.70. The molecule has 0 aliphatic heterocycles.